The molecule has 6 heteroatoms. The summed E-state index contributed by atoms with van der Waals surface area (Å²) >= 11 is 0. The standard InChI is InChI=1S/C11H20N6/c1-8-6-5-7-17(8)11-14-9(12-2)13-10(15-11)16(3)4/h8H,5-7H2,1-4H3,(H,12,13,14,15). The number of rotatable bonds is 3. The molecule has 1 aromatic heterocycles. The van der Waals surface area contributed by atoms with Crippen molar-refractivity contribution in [1.29, 1.82) is 0 Å². The second kappa shape index (κ2) is 4.73. The van der Waals surface area contributed by atoms with Crippen LogP contribution < -0.4 is 15.1 Å². The molecule has 1 N–H and O–H groups in total. The Hall–Kier alpha value is -1.59. The van der Waals surface area contributed by atoms with Gasteiger partial charge in [0.05, 0.1) is 0 Å². The third-order valence-electron chi connectivity index (χ3n) is 3.05. The van der Waals surface area contributed by atoms with E-state index in [9.17, 15) is 0 Å². The number of anilines is 3. The SMILES string of the molecule is CNc1nc(N(C)C)nc(N2CCCC2C)n1. The van der Waals surface area contributed by atoms with Crippen LogP contribution in [0.5, 0.6) is 0 Å². The largest absolute Gasteiger partial charge is 0.357 e. The van der Waals surface area contributed by atoms with Gasteiger partial charge in [0.2, 0.25) is 17.8 Å². The van der Waals surface area contributed by atoms with Crippen molar-refractivity contribution < 1.29 is 0 Å². The van der Waals surface area contributed by atoms with Gasteiger partial charge in [0.25, 0.3) is 0 Å². The molecule has 2 heterocycles. The first-order valence-electron chi connectivity index (χ1n) is 5.99. The molecule has 0 aromatic carbocycles. The van der Waals surface area contributed by atoms with E-state index in [1.807, 2.05) is 26.0 Å². The Morgan fingerprint density at radius 2 is 2.06 bits per heavy atom. The maximum Gasteiger partial charge on any atom is 0.232 e. The number of aromatic nitrogens is 3. The minimum atomic E-state index is 0.511. The minimum Gasteiger partial charge on any atom is -0.357 e. The highest BCUT2D eigenvalue weighted by molar-refractivity contribution is 5.45. The van der Waals surface area contributed by atoms with E-state index >= 15 is 0 Å². The Balaban J connectivity index is 2.35. The van der Waals surface area contributed by atoms with Crippen LogP contribution in [-0.4, -0.2) is 48.7 Å². The van der Waals surface area contributed by atoms with E-state index in [1.165, 1.54) is 12.8 Å². The summed E-state index contributed by atoms with van der Waals surface area (Å²) in [5, 5.41) is 2.99. The third kappa shape index (κ3) is 2.40. The zero-order valence-electron chi connectivity index (χ0n) is 10.9. The van der Waals surface area contributed by atoms with Crippen molar-refractivity contribution in [1.82, 2.24) is 15.0 Å². The average molecular weight is 236 g/mol. The summed E-state index contributed by atoms with van der Waals surface area (Å²) in [5.41, 5.74) is 0. The molecular formula is C11H20N6. The molecule has 0 radical (unpaired) electrons. The van der Waals surface area contributed by atoms with Gasteiger partial charge in [0.15, 0.2) is 0 Å². The van der Waals surface area contributed by atoms with Gasteiger partial charge in [-0.25, -0.2) is 0 Å². The Morgan fingerprint density at radius 1 is 1.29 bits per heavy atom. The van der Waals surface area contributed by atoms with Crippen molar-refractivity contribution in [3.8, 4) is 0 Å². The van der Waals surface area contributed by atoms with Gasteiger partial charge in [0.1, 0.15) is 0 Å². The molecule has 0 amide bonds. The lowest BCUT2D eigenvalue weighted by Gasteiger charge is -2.22. The Morgan fingerprint density at radius 3 is 2.59 bits per heavy atom. The summed E-state index contributed by atoms with van der Waals surface area (Å²) in [6, 6.07) is 0.511. The molecule has 1 aromatic rings. The molecule has 1 atom stereocenters. The zero-order valence-corrected chi connectivity index (χ0v) is 10.9. The van der Waals surface area contributed by atoms with Crippen molar-refractivity contribution in [2.45, 2.75) is 25.8 Å². The van der Waals surface area contributed by atoms with Crippen molar-refractivity contribution >= 4 is 17.8 Å². The summed E-state index contributed by atoms with van der Waals surface area (Å²) in [7, 11) is 5.70. The Bertz CT molecular complexity index is 392. The van der Waals surface area contributed by atoms with Crippen LogP contribution >= 0.6 is 0 Å². The van der Waals surface area contributed by atoms with Gasteiger partial charge in [-0.3, -0.25) is 0 Å². The van der Waals surface area contributed by atoms with E-state index < -0.39 is 0 Å². The van der Waals surface area contributed by atoms with E-state index in [2.05, 4.69) is 32.1 Å². The first-order valence-corrected chi connectivity index (χ1v) is 5.99. The van der Waals surface area contributed by atoms with Crippen LogP contribution in [0.2, 0.25) is 0 Å². The van der Waals surface area contributed by atoms with Crippen LogP contribution in [0.1, 0.15) is 19.8 Å². The van der Waals surface area contributed by atoms with Gasteiger partial charge in [-0.1, -0.05) is 0 Å². The topological polar surface area (TPSA) is 57.2 Å². The highest BCUT2D eigenvalue weighted by atomic mass is 15.4. The van der Waals surface area contributed by atoms with E-state index in [1.54, 1.807) is 0 Å². The predicted molar refractivity (Wildman–Crippen MR) is 69.7 cm³/mol. The maximum absolute atomic E-state index is 4.50. The molecule has 2 rings (SSSR count). The summed E-state index contributed by atoms with van der Waals surface area (Å²) < 4.78 is 0. The molecule has 0 saturated carbocycles. The molecule has 0 aliphatic carbocycles. The molecule has 0 spiro atoms. The van der Waals surface area contributed by atoms with Crippen molar-refractivity contribution in [2.24, 2.45) is 0 Å². The molecule has 1 saturated heterocycles. The maximum atomic E-state index is 4.50. The van der Waals surface area contributed by atoms with E-state index in [0.717, 1.165) is 12.5 Å². The summed E-state index contributed by atoms with van der Waals surface area (Å²) in [6.45, 7) is 3.24. The van der Waals surface area contributed by atoms with Gasteiger partial charge in [-0.2, -0.15) is 15.0 Å². The van der Waals surface area contributed by atoms with E-state index in [4.69, 9.17) is 0 Å². The third-order valence-corrected chi connectivity index (χ3v) is 3.05. The van der Waals surface area contributed by atoms with Crippen LogP contribution in [0.3, 0.4) is 0 Å². The van der Waals surface area contributed by atoms with Gasteiger partial charge in [-0.05, 0) is 19.8 Å². The normalized spacial score (nSPS) is 19.5. The van der Waals surface area contributed by atoms with Gasteiger partial charge < -0.3 is 15.1 Å². The van der Waals surface area contributed by atoms with Gasteiger partial charge in [-0.15, -0.1) is 0 Å². The minimum absolute atomic E-state index is 0.511. The second-order valence-electron chi connectivity index (χ2n) is 4.59. The van der Waals surface area contributed by atoms with Crippen LogP contribution in [0, 0.1) is 0 Å². The number of nitrogens with zero attached hydrogens (tertiary/aromatic N) is 5. The molecule has 6 nitrogen and oxygen atoms in total. The lowest BCUT2D eigenvalue weighted by Crippen LogP contribution is -2.29. The van der Waals surface area contributed by atoms with E-state index in [0.29, 0.717) is 17.9 Å². The number of hydrogen-bond acceptors (Lipinski definition) is 6. The summed E-state index contributed by atoms with van der Waals surface area (Å²) in [5.74, 6) is 2.09. The molecule has 1 unspecified atom stereocenters. The molecule has 1 aliphatic heterocycles. The zero-order chi connectivity index (χ0) is 12.4. The highest BCUT2D eigenvalue weighted by Crippen LogP contribution is 2.23. The lowest BCUT2D eigenvalue weighted by molar-refractivity contribution is 0.713. The molecule has 94 valence electrons. The highest BCUT2D eigenvalue weighted by Gasteiger charge is 2.24. The monoisotopic (exact) mass is 236 g/mol. The molecule has 1 fully saturated rings. The van der Waals surface area contributed by atoms with Crippen LogP contribution in [0.15, 0.2) is 0 Å². The van der Waals surface area contributed by atoms with Crippen molar-refractivity contribution in [3.05, 3.63) is 0 Å². The first-order chi connectivity index (χ1) is 8.11. The lowest BCUT2D eigenvalue weighted by atomic mass is 10.2. The van der Waals surface area contributed by atoms with Gasteiger partial charge in [0, 0.05) is 33.7 Å². The fraction of sp³-hybridized carbons (Fsp3) is 0.727. The predicted octanol–water partition coefficient (Wildman–Crippen LogP) is 0.968. The van der Waals surface area contributed by atoms with Crippen molar-refractivity contribution in [2.75, 3.05) is 42.8 Å². The Kier molecular flexibility index (Phi) is 3.31. The second-order valence-corrected chi connectivity index (χ2v) is 4.59. The molecule has 1 aliphatic rings. The van der Waals surface area contributed by atoms with Crippen LogP contribution in [0.25, 0.3) is 0 Å². The first kappa shape index (κ1) is 11.9. The number of hydrogen-bond donors (Lipinski definition) is 1. The molecule has 0 bridgehead atoms. The fourth-order valence-corrected chi connectivity index (χ4v) is 2.02. The smallest absolute Gasteiger partial charge is 0.232 e. The summed E-state index contributed by atoms with van der Waals surface area (Å²) in [4.78, 5) is 17.4. The molecular weight excluding hydrogens is 216 g/mol. The quantitative estimate of drug-likeness (QED) is 0.844. The van der Waals surface area contributed by atoms with Crippen LogP contribution in [-0.2, 0) is 0 Å². The number of nitrogens with one attached hydrogen (secondary N) is 1. The summed E-state index contributed by atoms with van der Waals surface area (Å²) in [6.07, 6.45) is 2.41. The fourth-order valence-electron chi connectivity index (χ4n) is 2.02. The van der Waals surface area contributed by atoms with Crippen molar-refractivity contribution in [3.63, 3.8) is 0 Å². The average Bonchev–Trinajstić information content (AvgIpc) is 2.74. The van der Waals surface area contributed by atoms with E-state index in [-0.39, 0.29) is 0 Å². The molecule has 17 heavy (non-hydrogen) atoms. The van der Waals surface area contributed by atoms with Crippen LogP contribution in [0.4, 0.5) is 17.8 Å². The van der Waals surface area contributed by atoms with Gasteiger partial charge >= 0.3 is 0 Å². The Labute approximate surface area is 102 Å².